The third kappa shape index (κ3) is 2.58. The van der Waals surface area contributed by atoms with E-state index in [4.69, 9.17) is 0 Å². The summed E-state index contributed by atoms with van der Waals surface area (Å²) < 4.78 is 3.40. The van der Waals surface area contributed by atoms with Gasteiger partial charge < -0.3 is 4.98 Å². The van der Waals surface area contributed by atoms with Crippen molar-refractivity contribution in [2.24, 2.45) is 0 Å². The van der Waals surface area contributed by atoms with Crippen molar-refractivity contribution in [1.82, 2.24) is 34.1 Å². The van der Waals surface area contributed by atoms with Crippen molar-refractivity contribution in [3.63, 3.8) is 0 Å². The van der Waals surface area contributed by atoms with Gasteiger partial charge in [-0.05, 0) is 36.2 Å². The molecule has 1 N–H and O–H groups in total. The molecule has 5 aromatic rings. The number of hydrogen-bond acceptors (Lipinski definition) is 5. The minimum atomic E-state index is -0.230. The molecule has 0 saturated heterocycles. The van der Waals surface area contributed by atoms with Crippen molar-refractivity contribution >= 4 is 22.2 Å². The molecule has 0 spiro atoms. The maximum atomic E-state index is 12.4. The average molecular weight is 357 g/mol. The number of H-pyrrole nitrogens is 1. The van der Waals surface area contributed by atoms with Gasteiger partial charge in [0.15, 0.2) is 5.65 Å². The largest absolute Gasteiger partial charge is 0.328 e. The first-order chi connectivity index (χ1) is 13.2. The van der Waals surface area contributed by atoms with Gasteiger partial charge in [0.25, 0.3) is 0 Å². The van der Waals surface area contributed by atoms with Gasteiger partial charge in [0.2, 0.25) is 5.95 Å². The second-order valence-electron chi connectivity index (χ2n) is 6.39. The van der Waals surface area contributed by atoms with Gasteiger partial charge >= 0.3 is 5.69 Å². The van der Waals surface area contributed by atoms with Crippen LogP contribution < -0.4 is 5.69 Å². The van der Waals surface area contributed by atoms with Crippen LogP contribution in [0.1, 0.15) is 11.1 Å². The van der Waals surface area contributed by atoms with E-state index >= 15 is 0 Å². The van der Waals surface area contributed by atoms with E-state index in [9.17, 15) is 4.79 Å². The number of aryl methyl sites for hydroxylation is 1. The Morgan fingerprint density at radius 2 is 2.07 bits per heavy atom. The Kier molecular flexibility index (Phi) is 3.36. The fourth-order valence-electron chi connectivity index (χ4n) is 3.16. The molecule has 1 aromatic carbocycles. The smallest absolute Gasteiger partial charge is 0.303 e. The van der Waals surface area contributed by atoms with Crippen molar-refractivity contribution in [2.75, 3.05) is 0 Å². The SMILES string of the molecule is Cc1ccc2c(c1)ncn2-c1ncc2[nH]c(=O)n(Cc3cccnc3)c2n1. The van der Waals surface area contributed by atoms with Crippen LogP contribution in [0.3, 0.4) is 0 Å². The molecule has 0 aliphatic carbocycles. The van der Waals surface area contributed by atoms with Crippen LogP contribution in [0.25, 0.3) is 28.1 Å². The first-order valence-electron chi connectivity index (χ1n) is 8.47. The Balaban J connectivity index is 1.66. The zero-order chi connectivity index (χ0) is 18.4. The van der Waals surface area contributed by atoms with Gasteiger partial charge in [0.1, 0.15) is 11.8 Å². The molecule has 5 rings (SSSR count). The normalized spacial score (nSPS) is 11.4. The molecule has 0 amide bonds. The van der Waals surface area contributed by atoms with E-state index in [-0.39, 0.29) is 5.69 Å². The molecular weight excluding hydrogens is 342 g/mol. The minimum Gasteiger partial charge on any atom is -0.303 e. The van der Waals surface area contributed by atoms with Crippen LogP contribution in [0, 0.1) is 6.92 Å². The summed E-state index contributed by atoms with van der Waals surface area (Å²) in [5, 5.41) is 0. The Hall–Kier alpha value is -3.81. The van der Waals surface area contributed by atoms with Gasteiger partial charge in [-0.3, -0.25) is 14.1 Å². The molecule has 4 aromatic heterocycles. The molecule has 0 unspecified atom stereocenters. The molecular formula is C19H15N7O. The van der Waals surface area contributed by atoms with Crippen LogP contribution in [0.15, 0.2) is 60.0 Å². The molecule has 0 saturated carbocycles. The lowest BCUT2D eigenvalue weighted by atomic mass is 10.2. The Bertz CT molecular complexity index is 1330. The van der Waals surface area contributed by atoms with Crippen LogP contribution >= 0.6 is 0 Å². The van der Waals surface area contributed by atoms with Gasteiger partial charge in [-0.2, -0.15) is 4.98 Å². The van der Waals surface area contributed by atoms with Crippen LogP contribution in [0.2, 0.25) is 0 Å². The molecule has 0 aliphatic heterocycles. The summed E-state index contributed by atoms with van der Waals surface area (Å²) in [5.74, 6) is 0.466. The van der Waals surface area contributed by atoms with Crippen LogP contribution in [-0.2, 0) is 6.54 Å². The van der Waals surface area contributed by atoms with Crippen molar-refractivity contribution in [3.8, 4) is 5.95 Å². The molecule has 8 nitrogen and oxygen atoms in total. The number of pyridine rings is 1. The molecule has 0 aliphatic rings. The van der Waals surface area contributed by atoms with Crippen LogP contribution in [0.5, 0.6) is 0 Å². The summed E-state index contributed by atoms with van der Waals surface area (Å²) in [7, 11) is 0. The molecule has 132 valence electrons. The maximum absolute atomic E-state index is 12.4. The van der Waals surface area contributed by atoms with Gasteiger partial charge in [0.05, 0.1) is 23.8 Å². The molecule has 27 heavy (non-hydrogen) atoms. The lowest BCUT2D eigenvalue weighted by Gasteiger charge is -2.05. The predicted octanol–water partition coefficient (Wildman–Crippen LogP) is 2.21. The van der Waals surface area contributed by atoms with Gasteiger partial charge in [0, 0.05) is 12.4 Å². The number of rotatable bonds is 3. The second kappa shape index (κ2) is 5.87. The standard InChI is InChI=1S/C19H15N7O/c1-12-4-5-16-14(7-12)22-11-26(16)18-21-9-15-17(24-18)25(19(27)23-15)10-13-3-2-6-20-8-13/h2-9,11H,10H2,1H3,(H,23,27). The van der Waals surface area contributed by atoms with Crippen LogP contribution in [-0.4, -0.2) is 34.1 Å². The number of benzene rings is 1. The quantitative estimate of drug-likeness (QED) is 0.534. The van der Waals surface area contributed by atoms with E-state index in [0.717, 1.165) is 22.2 Å². The monoisotopic (exact) mass is 357 g/mol. The highest BCUT2D eigenvalue weighted by atomic mass is 16.1. The summed E-state index contributed by atoms with van der Waals surface area (Å²) in [6.45, 7) is 2.41. The molecule has 0 fully saturated rings. The fraction of sp³-hybridized carbons (Fsp3) is 0.105. The summed E-state index contributed by atoms with van der Waals surface area (Å²) in [4.78, 5) is 32.8. The topological polar surface area (TPSA) is 94.3 Å². The Labute approximate surface area is 153 Å². The number of imidazole rings is 2. The zero-order valence-electron chi connectivity index (χ0n) is 14.5. The van der Waals surface area contributed by atoms with Crippen LogP contribution in [0.4, 0.5) is 0 Å². The Morgan fingerprint density at radius 1 is 1.15 bits per heavy atom. The molecule has 0 radical (unpaired) electrons. The number of hydrogen-bond donors (Lipinski definition) is 1. The fourth-order valence-corrected chi connectivity index (χ4v) is 3.16. The molecule has 8 heteroatoms. The number of aromatic nitrogens is 7. The molecule has 0 bridgehead atoms. The first-order valence-corrected chi connectivity index (χ1v) is 8.47. The van der Waals surface area contributed by atoms with E-state index in [0.29, 0.717) is 23.7 Å². The van der Waals surface area contributed by atoms with Gasteiger partial charge in [-0.1, -0.05) is 12.1 Å². The van der Waals surface area contributed by atoms with E-state index in [1.165, 1.54) is 0 Å². The third-order valence-corrected chi connectivity index (χ3v) is 4.48. The van der Waals surface area contributed by atoms with E-state index in [1.807, 2.05) is 41.8 Å². The van der Waals surface area contributed by atoms with Crippen molar-refractivity contribution in [1.29, 1.82) is 0 Å². The van der Waals surface area contributed by atoms with E-state index in [2.05, 4.69) is 24.9 Å². The summed E-state index contributed by atoms with van der Waals surface area (Å²) in [5.41, 5.74) is 4.75. The van der Waals surface area contributed by atoms with E-state index < -0.39 is 0 Å². The van der Waals surface area contributed by atoms with Gasteiger partial charge in [-0.25, -0.2) is 14.8 Å². The van der Waals surface area contributed by atoms with Crippen molar-refractivity contribution in [2.45, 2.75) is 13.5 Å². The number of nitrogens with zero attached hydrogens (tertiary/aromatic N) is 6. The van der Waals surface area contributed by atoms with E-state index in [1.54, 1.807) is 29.5 Å². The number of aromatic amines is 1. The number of nitrogens with one attached hydrogen (secondary N) is 1. The molecule has 0 atom stereocenters. The number of fused-ring (bicyclic) bond motifs is 2. The minimum absolute atomic E-state index is 0.230. The average Bonchev–Trinajstić information content (AvgIpc) is 3.23. The molecule has 4 heterocycles. The highest BCUT2D eigenvalue weighted by molar-refractivity contribution is 5.78. The lowest BCUT2D eigenvalue weighted by molar-refractivity contribution is 0.771. The summed E-state index contributed by atoms with van der Waals surface area (Å²) >= 11 is 0. The Morgan fingerprint density at radius 3 is 2.93 bits per heavy atom. The zero-order valence-corrected chi connectivity index (χ0v) is 14.5. The second-order valence-corrected chi connectivity index (χ2v) is 6.39. The summed E-state index contributed by atoms with van der Waals surface area (Å²) in [6, 6.07) is 9.79. The highest BCUT2D eigenvalue weighted by Gasteiger charge is 2.13. The maximum Gasteiger partial charge on any atom is 0.328 e. The van der Waals surface area contributed by atoms with Crippen molar-refractivity contribution < 1.29 is 0 Å². The summed E-state index contributed by atoms with van der Waals surface area (Å²) in [6.07, 6.45) is 6.76. The van der Waals surface area contributed by atoms with Crippen molar-refractivity contribution in [3.05, 3.63) is 76.9 Å². The first kappa shape index (κ1) is 15.4. The van der Waals surface area contributed by atoms with Gasteiger partial charge in [-0.15, -0.1) is 0 Å². The predicted molar refractivity (Wildman–Crippen MR) is 101 cm³/mol. The third-order valence-electron chi connectivity index (χ3n) is 4.48. The lowest BCUT2D eigenvalue weighted by Crippen LogP contribution is -2.18. The highest BCUT2D eigenvalue weighted by Crippen LogP contribution is 2.18.